The SMILES string of the molecule is CCOC(=O)C(Cl)C(=O)c1cccc(C(F)(F)F)c1. The van der Waals surface area contributed by atoms with Gasteiger partial charge in [-0.1, -0.05) is 12.1 Å². The Morgan fingerprint density at radius 3 is 2.53 bits per heavy atom. The third-order valence-corrected chi connectivity index (χ3v) is 2.57. The molecule has 0 amide bonds. The number of ether oxygens (including phenoxy) is 1. The minimum Gasteiger partial charge on any atom is -0.465 e. The van der Waals surface area contributed by atoms with E-state index in [9.17, 15) is 22.8 Å². The van der Waals surface area contributed by atoms with Gasteiger partial charge in [-0.25, -0.2) is 4.79 Å². The molecule has 1 atom stereocenters. The van der Waals surface area contributed by atoms with Crippen molar-refractivity contribution >= 4 is 23.4 Å². The van der Waals surface area contributed by atoms with Crippen molar-refractivity contribution in [2.45, 2.75) is 18.5 Å². The molecule has 7 heteroatoms. The molecule has 0 bridgehead atoms. The zero-order valence-electron chi connectivity index (χ0n) is 9.83. The molecule has 3 nitrogen and oxygen atoms in total. The molecule has 1 unspecified atom stereocenters. The van der Waals surface area contributed by atoms with E-state index < -0.39 is 28.9 Å². The minimum atomic E-state index is -4.57. The first-order chi connectivity index (χ1) is 8.77. The van der Waals surface area contributed by atoms with Crippen LogP contribution in [0, 0.1) is 0 Å². The molecule has 0 aliphatic carbocycles. The highest BCUT2D eigenvalue weighted by Gasteiger charge is 2.32. The lowest BCUT2D eigenvalue weighted by molar-refractivity contribution is -0.141. The lowest BCUT2D eigenvalue weighted by atomic mass is 10.0. The van der Waals surface area contributed by atoms with Gasteiger partial charge in [0.2, 0.25) is 0 Å². The van der Waals surface area contributed by atoms with Crippen LogP contribution >= 0.6 is 11.6 Å². The van der Waals surface area contributed by atoms with E-state index in [0.29, 0.717) is 6.07 Å². The van der Waals surface area contributed by atoms with E-state index in [1.807, 2.05) is 0 Å². The summed E-state index contributed by atoms with van der Waals surface area (Å²) in [7, 11) is 0. The van der Waals surface area contributed by atoms with E-state index >= 15 is 0 Å². The summed E-state index contributed by atoms with van der Waals surface area (Å²) < 4.78 is 42.0. The molecule has 0 saturated carbocycles. The van der Waals surface area contributed by atoms with Gasteiger partial charge in [0.1, 0.15) is 0 Å². The summed E-state index contributed by atoms with van der Waals surface area (Å²) in [6, 6.07) is 3.71. The van der Waals surface area contributed by atoms with Crippen molar-refractivity contribution in [3.63, 3.8) is 0 Å². The van der Waals surface area contributed by atoms with Crippen molar-refractivity contribution < 1.29 is 27.5 Å². The maximum Gasteiger partial charge on any atom is 0.416 e. The van der Waals surface area contributed by atoms with Gasteiger partial charge in [0.05, 0.1) is 12.2 Å². The molecule has 0 aromatic heterocycles. The number of hydrogen-bond acceptors (Lipinski definition) is 3. The van der Waals surface area contributed by atoms with Crippen LogP contribution in [0.25, 0.3) is 0 Å². The van der Waals surface area contributed by atoms with E-state index in [1.54, 1.807) is 0 Å². The van der Waals surface area contributed by atoms with Gasteiger partial charge in [0.25, 0.3) is 0 Å². The van der Waals surface area contributed by atoms with Crippen molar-refractivity contribution in [2.75, 3.05) is 6.61 Å². The van der Waals surface area contributed by atoms with Crippen molar-refractivity contribution in [3.8, 4) is 0 Å². The quantitative estimate of drug-likeness (QED) is 0.371. The van der Waals surface area contributed by atoms with Gasteiger partial charge in [0, 0.05) is 5.56 Å². The summed E-state index contributed by atoms with van der Waals surface area (Å²) in [4.78, 5) is 23.0. The highest BCUT2D eigenvalue weighted by atomic mass is 35.5. The predicted molar refractivity (Wildman–Crippen MR) is 62.0 cm³/mol. The van der Waals surface area contributed by atoms with Crippen LogP contribution in [0.5, 0.6) is 0 Å². The van der Waals surface area contributed by atoms with Crippen LogP contribution in [0.2, 0.25) is 0 Å². The van der Waals surface area contributed by atoms with Crippen LogP contribution in [0.4, 0.5) is 13.2 Å². The lowest BCUT2D eigenvalue weighted by Crippen LogP contribution is -2.27. The molecule has 1 aromatic rings. The second kappa shape index (κ2) is 6.06. The summed E-state index contributed by atoms with van der Waals surface area (Å²) in [5, 5.41) is -1.65. The van der Waals surface area contributed by atoms with Crippen LogP contribution in [0.1, 0.15) is 22.8 Å². The molecule has 104 valence electrons. The van der Waals surface area contributed by atoms with Crippen molar-refractivity contribution in [1.82, 2.24) is 0 Å². The number of alkyl halides is 4. The fourth-order valence-electron chi connectivity index (χ4n) is 1.32. The van der Waals surface area contributed by atoms with Gasteiger partial charge in [-0.15, -0.1) is 11.6 Å². The molecular weight excluding hydrogens is 285 g/mol. The molecule has 0 aliphatic heterocycles. The van der Waals surface area contributed by atoms with E-state index in [1.165, 1.54) is 6.92 Å². The molecule has 0 N–H and O–H groups in total. The van der Waals surface area contributed by atoms with Gasteiger partial charge in [0.15, 0.2) is 11.2 Å². The number of rotatable bonds is 4. The fraction of sp³-hybridized carbons (Fsp3) is 0.333. The van der Waals surface area contributed by atoms with E-state index in [-0.39, 0.29) is 12.2 Å². The number of carbonyl (C=O) groups excluding carboxylic acids is 2. The summed E-state index contributed by atoms with van der Waals surface area (Å²) in [6.07, 6.45) is -4.57. The fourth-order valence-corrected chi connectivity index (χ4v) is 1.51. The zero-order valence-corrected chi connectivity index (χ0v) is 10.6. The van der Waals surface area contributed by atoms with Gasteiger partial charge < -0.3 is 4.74 Å². The van der Waals surface area contributed by atoms with Crippen LogP contribution in [0.15, 0.2) is 24.3 Å². The van der Waals surface area contributed by atoms with Gasteiger partial charge >= 0.3 is 12.1 Å². The Labute approximate surface area is 112 Å². The Balaban J connectivity index is 2.97. The predicted octanol–water partition coefficient (Wildman–Crippen LogP) is 3.06. The molecule has 0 aliphatic rings. The Bertz CT molecular complexity index is 485. The summed E-state index contributed by atoms with van der Waals surface area (Å²) in [5.74, 6) is -1.90. The summed E-state index contributed by atoms with van der Waals surface area (Å²) in [5.41, 5.74) is -1.27. The van der Waals surface area contributed by atoms with E-state index in [2.05, 4.69) is 4.74 Å². The van der Waals surface area contributed by atoms with Crippen molar-refractivity contribution in [2.24, 2.45) is 0 Å². The molecule has 1 aromatic carbocycles. The highest BCUT2D eigenvalue weighted by Crippen LogP contribution is 2.30. The Morgan fingerprint density at radius 1 is 1.37 bits per heavy atom. The lowest BCUT2D eigenvalue weighted by Gasteiger charge is -2.10. The first-order valence-corrected chi connectivity index (χ1v) is 5.73. The third-order valence-electron chi connectivity index (χ3n) is 2.20. The number of carbonyl (C=O) groups is 2. The highest BCUT2D eigenvalue weighted by molar-refractivity contribution is 6.43. The Hall–Kier alpha value is -1.56. The number of halogens is 4. The molecule has 0 radical (unpaired) electrons. The molecule has 0 saturated heterocycles. The largest absolute Gasteiger partial charge is 0.465 e. The normalized spacial score (nSPS) is 12.9. The maximum absolute atomic E-state index is 12.5. The topological polar surface area (TPSA) is 43.4 Å². The monoisotopic (exact) mass is 294 g/mol. The second-order valence-corrected chi connectivity index (χ2v) is 3.99. The molecule has 0 spiro atoms. The zero-order chi connectivity index (χ0) is 14.6. The molecular formula is C12H10ClF3O3. The van der Waals surface area contributed by atoms with Gasteiger partial charge in [-0.3, -0.25) is 4.79 Å². The molecule has 0 fully saturated rings. The van der Waals surface area contributed by atoms with Gasteiger partial charge in [-0.2, -0.15) is 13.2 Å². The summed E-state index contributed by atoms with van der Waals surface area (Å²) in [6.45, 7) is 1.55. The second-order valence-electron chi connectivity index (χ2n) is 3.56. The number of ketones is 1. The standard InChI is InChI=1S/C12H10ClF3O3/c1-2-19-11(18)9(13)10(17)7-4-3-5-8(6-7)12(14,15)16/h3-6,9H,2H2,1H3. The number of hydrogen-bond donors (Lipinski definition) is 0. The average molecular weight is 295 g/mol. The summed E-state index contributed by atoms with van der Waals surface area (Å²) >= 11 is 5.56. The van der Waals surface area contributed by atoms with Gasteiger partial charge in [-0.05, 0) is 19.1 Å². The Kier molecular flexibility index (Phi) is 4.94. The van der Waals surface area contributed by atoms with Crippen LogP contribution in [-0.4, -0.2) is 23.7 Å². The van der Waals surface area contributed by atoms with E-state index in [4.69, 9.17) is 11.6 Å². The molecule has 19 heavy (non-hydrogen) atoms. The van der Waals surface area contributed by atoms with Crippen LogP contribution in [-0.2, 0) is 15.7 Å². The molecule has 0 heterocycles. The Morgan fingerprint density at radius 2 is 2.00 bits per heavy atom. The number of Topliss-reactive ketones (excluding diaryl/α,β-unsaturated/α-hetero) is 1. The maximum atomic E-state index is 12.5. The van der Waals surface area contributed by atoms with Crippen LogP contribution in [0.3, 0.4) is 0 Å². The number of esters is 1. The van der Waals surface area contributed by atoms with Crippen molar-refractivity contribution in [1.29, 1.82) is 0 Å². The smallest absolute Gasteiger partial charge is 0.416 e. The number of benzene rings is 1. The van der Waals surface area contributed by atoms with E-state index in [0.717, 1.165) is 18.2 Å². The molecule has 1 rings (SSSR count). The first kappa shape index (κ1) is 15.5. The average Bonchev–Trinajstić information content (AvgIpc) is 2.36. The third kappa shape index (κ3) is 3.96. The van der Waals surface area contributed by atoms with Crippen molar-refractivity contribution in [3.05, 3.63) is 35.4 Å². The van der Waals surface area contributed by atoms with Crippen LogP contribution < -0.4 is 0 Å². The first-order valence-electron chi connectivity index (χ1n) is 5.29. The minimum absolute atomic E-state index is 0.0257.